The molecule has 302 valence electrons. The van der Waals surface area contributed by atoms with Crippen LogP contribution in [0.3, 0.4) is 0 Å². The Labute approximate surface area is 334 Å². The van der Waals surface area contributed by atoms with E-state index in [-0.39, 0.29) is 338 Å². The average molecular weight is 1270 g/mol. The van der Waals surface area contributed by atoms with Gasteiger partial charge < -0.3 is 190 Å². The van der Waals surface area contributed by atoms with Gasteiger partial charge in [-0.25, -0.2) is 0 Å². The normalized spacial score (nSPS) is 0. The zero-order valence-corrected chi connectivity index (χ0v) is 36.1. The minimum atomic E-state index is 0. The van der Waals surface area contributed by atoms with Crippen LogP contribution < -0.4 is 36.9 Å². The first kappa shape index (κ1) is 7020. The average Bonchev–Trinajstić information content (AvgIpc) is 0. The largest absolute Gasteiger partial charge is 2.00 e. The van der Waals surface area contributed by atoms with Gasteiger partial charge in [-0.15, -0.1) is 0 Å². The van der Waals surface area contributed by atoms with Crippen LogP contribution in [0, 0.1) is 0 Å². The minimum Gasteiger partial charge on any atom is -2.00 e. The maximum Gasteiger partial charge on any atom is 2.00 e. The summed E-state index contributed by atoms with van der Waals surface area (Å²) in [7, 11) is 0. The van der Waals surface area contributed by atoms with Crippen molar-refractivity contribution in [3.05, 3.63) is 0 Å². The van der Waals surface area contributed by atoms with Gasteiger partial charge in [0.15, 0.2) is 0 Å². The summed E-state index contributed by atoms with van der Waals surface area (Å²) < 4.78 is 0. The molecule has 41 heavy (non-hydrogen) atoms. The van der Waals surface area contributed by atoms with Gasteiger partial charge in [-0.05, 0) is 0 Å². The monoisotopic (exact) mass is 1280 g/mol. The first-order chi connectivity index (χ1) is 0. The third kappa shape index (κ3) is 6250. The molecule has 63 N–H and O–H groups in total. The van der Waals surface area contributed by atoms with Gasteiger partial charge in [-0.3, -0.25) is 0 Å². The Hall–Kier alpha value is 3.46. The van der Waals surface area contributed by atoms with Gasteiger partial charge in [-0.2, -0.15) is 0 Å². The van der Waals surface area contributed by atoms with Gasteiger partial charge in [0.25, 0.3) is 0 Å². The van der Waals surface area contributed by atoms with Gasteiger partial charge in [0.2, 0.25) is 0 Å². The van der Waals surface area contributed by atoms with Gasteiger partial charge in [0.1, 0.15) is 0 Å². The number of rotatable bonds is 0. The first-order valence-corrected chi connectivity index (χ1v) is 0. The maximum absolute atomic E-state index is 0. The Morgan fingerprint density at radius 2 is 0.146 bits per heavy atom. The minimum absolute atomic E-state index is 0. The molecule has 0 fully saturated rings. The summed E-state index contributed by atoms with van der Waals surface area (Å²) >= 11 is 0. The second-order valence-corrected chi connectivity index (χ2v) is 0. The van der Waals surface area contributed by atoms with Crippen LogP contribution in [0.4, 0.5) is 0 Å². The quantitative estimate of drug-likeness (QED) is 0.128. The first-order valence-electron chi connectivity index (χ1n) is 0. The molecule has 0 aliphatic carbocycles. The van der Waals surface area contributed by atoms with Crippen molar-refractivity contribution in [2.75, 3.05) is 0 Å². The molecule has 0 atom stereocenters. The van der Waals surface area contributed by atoms with Crippen molar-refractivity contribution in [3.63, 3.8) is 0 Å². The number of hydrogen-bond acceptors (Lipinski definition) is 5. The van der Waals surface area contributed by atoms with Crippen LogP contribution >= 0.6 is 0 Å². The topological polar surface area (TPSA) is 1080 Å². The van der Waals surface area contributed by atoms with Gasteiger partial charge in [-0.1, -0.05) is 0 Å². The van der Waals surface area contributed by atoms with Crippen LogP contribution in [-0.2, 0) is 180 Å². The molecule has 41 heteroatoms. The van der Waals surface area contributed by atoms with Crippen LogP contribution in [0.5, 0.6) is 0 Å². The zero-order chi connectivity index (χ0) is 0. The molecule has 0 unspecified atom stereocenters. The molecular weight excluding hydrogens is 1200 g/mol. The third-order valence-electron chi connectivity index (χ3n) is 0. The van der Waals surface area contributed by atoms with Gasteiger partial charge in [0, 0.05) is 21.1 Å². The molecule has 0 aliphatic heterocycles. The van der Waals surface area contributed by atoms with E-state index >= 15 is 0 Å². The Morgan fingerprint density at radius 1 is 0.146 bits per heavy atom. The zero-order valence-electron chi connectivity index (χ0n) is 22.0. The molecule has 0 saturated carbocycles. The second kappa shape index (κ2) is 6550. The predicted molar refractivity (Wildman–Crippen MR) is 111 cm³/mol. The van der Waals surface area contributed by atoms with Crippen LogP contribution in [0.25, 0.3) is 0 Å². The molecule has 0 aromatic heterocycles. The van der Waals surface area contributed by atoms with E-state index < -0.39 is 0 Å². The second-order valence-electron chi connectivity index (χ2n) is 0. The SMILES string of the molecule is O.O.O.O.O.O.O.O.O.O.O.O.O.O.O.O.O.[Mo+2].[Mo+2].[Mo+2].[Mo+2].[Mo+2].[Mo+2].[Mo].[NH4+].[NH4+].[NH4+].[NH4+].[NH4+].[NH4+].[O-2].[O-2].[O-2].[O-2].[O-2].[O-2].[OH-].[OH-].[OH-].[OH-].[OH-]. The van der Waals surface area contributed by atoms with Crippen LogP contribution in [0.1, 0.15) is 0 Å². The number of hydrogen-bond donors (Lipinski definition) is 6. The van der Waals surface area contributed by atoms with Crippen molar-refractivity contribution >= 4 is 0 Å². The molecule has 0 amide bonds. The van der Waals surface area contributed by atoms with Crippen molar-refractivity contribution in [2.45, 2.75) is 0 Å². The molecule has 0 heterocycles. The van der Waals surface area contributed by atoms with Gasteiger partial charge in [0.05, 0.1) is 0 Å². The van der Waals surface area contributed by atoms with Crippen LogP contribution in [0.15, 0.2) is 0 Å². The van der Waals surface area contributed by atoms with Crippen molar-refractivity contribution in [1.29, 1.82) is 0 Å². The number of quaternary nitrogens is 6. The van der Waals surface area contributed by atoms with E-state index in [4.69, 9.17) is 0 Å². The van der Waals surface area contributed by atoms with E-state index in [0.29, 0.717) is 0 Å². The molecule has 0 bridgehead atoms. The molecule has 0 aromatic rings. The van der Waals surface area contributed by atoms with Crippen molar-refractivity contribution in [3.8, 4) is 0 Å². The molecule has 0 saturated heterocycles. The standard InChI is InChI=1S/7Mo.6H3N.22H2O.6O/h;;;;;;;6*1H3;22*1H2;;;;;;/q;6*+2;;;;;;;;;;;;;;;;;;;;;;;;;;;;;6*-2/p+1. The molecule has 0 radical (unpaired) electrons. The predicted octanol–water partition coefficient (Wildman–Crippen LogP) is -13.4. The Kier molecular flexibility index (Phi) is 1120000. The summed E-state index contributed by atoms with van der Waals surface area (Å²) in [6.07, 6.45) is 0. The fourth-order valence-electron chi connectivity index (χ4n) is 0. The Balaban J connectivity index is 0. The van der Waals surface area contributed by atoms with Crippen molar-refractivity contribution < 1.29 is 301 Å². The van der Waals surface area contributed by atoms with E-state index in [1.54, 1.807) is 0 Å². The van der Waals surface area contributed by atoms with E-state index in [1.165, 1.54) is 0 Å². The van der Waals surface area contributed by atoms with E-state index in [9.17, 15) is 0 Å². The summed E-state index contributed by atoms with van der Waals surface area (Å²) in [6.45, 7) is 0. The third-order valence-corrected chi connectivity index (χ3v) is 0. The summed E-state index contributed by atoms with van der Waals surface area (Å²) in [5.74, 6) is 0. The molecule has 0 aromatic carbocycles. The van der Waals surface area contributed by atoms with E-state index in [2.05, 4.69) is 0 Å². The summed E-state index contributed by atoms with van der Waals surface area (Å²) in [4.78, 5) is 0. The summed E-state index contributed by atoms with van der Waals surface area (Å²) in [5, 5.41) is 0. The fourth-order valence-corrected chi connectivity index (χ4v) is 0. The van der Waals surface area contributed by atoms with E-state index in [1.807, 2.05) is 0 Å². The van der Waals surface area contributed by atoms with Crippen molar-refractivity contribution in [2.24, 2.45) is 0 Å². The molecule has 0 rings (SSSR count). The summed E-state index contributed by atoms with van der Waals surface area (Å²) in [6, 6.07) is 0. The molecule has 34 nitrogen and oxygen atoms in total. The van der Waals surface area contributed by atoms with Crippen LogP contribution in [0.2, 0.25) is 0 Å². The molecular formula is H63Mo7N6O28+. The van der Waals surface area contributed by atoms with E-state index in [0.717, 1.165) is 0 Å². The summed E-state index contributed by atoms with van der Waals surface area (Å²) in [5.41, 5.74) is 0. The Bertz CT molecular complexity index is 49.9. The maximum atomic E-state index is 0. The van der Waals surface area contributed by atoms with Crippen LogP contribution in [-0.4, -0.2) is 120 Å². The molecule has 0 spiro atoms. The molecule has 0 aliphatic rings. The van der Waals surface area contributed by atoms with Crippen molar-refractivity contribution in [1.82, 2.24) is 36.9 Å². The smallest absolute Gasteiger partial charge is 2.00 e. The Morgan fingerprint density at radius 3 is 0.146 bits per heavy atom. The fraction of sp³-hybridized carbons (Fsp3) is 0. The van der Waals surface area contributed by atoms with Gasteiger partial charge >= 0.3 is 126 Å².